The molecule has 0 N–H and O–H groups in total. The van der Waals surface area contributed by atoms with E-state index < -0.39 is 30.7 Å². The number of benzene rings is 1. The van der Waals surface area contributed by atoms with Gasteiger partial charge in [0, 0.05) is 0 Å². The minimum atomic E-state index is -4.75. The second-order valence-electron chi connectivity index (χ2n) is 4.53. The lowest BCUT2D eigenvalue weighted by Gasteiger charge is -2.20. The van der Waals surface area contributed by atoms with Crippen molar-refractivity contribution in [3.8, 4) is 0 Å². The van der Waals surface area contributed by atoms with Gasteiger partial charge < -0.3 is 0 Å². The molecule has 0 atom stereocenters. The van der Waals surface area contributed by atoms with E-state index in [1.807, 2.05) is 0 Å². The van der Waals surface area contributed by atoms with Gasteiger partial charge >= 0.3 is 6.18 Å². The molecule has 16 heavy (non-hydrogen) atoms. The molecule has 0 aliphatic carbocycles. The summed E-state index contributed by atoms with van der Waals surface area (Å²) in [4.78, 5) is 0. The molecule has 0 radical (unpaired) electrons. The zero-order chi connectivity index (χ0) is 12.7. The van der Waals surface area contributed by atoms with E-state index in [1.165, 1.54) is 6.07 Å². The average molecular weight is 271 g/mol. The van der Waals surface area contributed by atoms with Crippen molar-refractivity contribution in [1.29, 1.82) is 0 Å². The van der Waals surface area contributed by atoms with Crippen LogP contribution in [0.1, 0.15) is 5.56 Å². The topological polar surface area (TPSA) is 0 Å². The minimum Gasteiger partial charge on any atom is -0.206 e. The van der Waals surface area contributed by atoms with Gasteiger partial charge in [-0.15, -0.1) is 0 Å². The molecule has 90 valence electrons. The Morgan fingerprint density at radius 3 is 2.00 bits per heavy atom. The Morgan fingerprint density at radius 2 is 1.62 bits per heavy atom. The second kappa shape index (κ2) is 4.03. The molecule has 1 aromatic rings. The summed E-state index contributed by atoms with van der Waals surface area (Å²) < 4.78 is 51.5. The van der Waals surface area contributed by atoms with Crippen molar-refractivity contribution < 1.29 is 17.6 Å². The van der Waals surface area contributed by atoms with Gasteiger partial charge in [0.2, 0.25) is 0 Å². The molecule has 0 amide bonds. The van der Waals surface area contributed by atoms with Crippen molar-refractivity contribution in [2.75, 3.05) is 0 Å². The van der Waals surface area contributed by atoms with E-state index in [2.05, 4.69) is 0 Å². The predicted molar refractivity (Wildman–Crippen MR) is 59.4 cm³/mol. The number of hydrogen-bond donors (Lipinski definition) is 0. The van der Waals surface area contributed by atoms with Crippen LogP contribution in [0.25, 0.3) is 0 Å². The summed E-state index contributed by atoms with van der Waals surface area (Å²) in [7, 11) is -2.14. The monoisotopic (exact) mass is 270 g/mol. The van der Waals surface area contributed by atoms with Crippen LogP contribution in [-0.4, -0.2) is 8.07 Å². The van der Waals surface area contributed by atoms with Crippen LogP contribution in [0.5, 0.6) is 0 Å². The first-order chi connectivity index (χ1) is 7.05. The lowest BCUT2D eigenvalue weighted by molar-refractivity contribution is -0.139. The molecule has 0 unspecified atom stereocenters. The molecule has 0 saturated heterocycles. The highest BCUT2D eigenvalue weighted by molar-refractivity contribution is 6.88. The van der Waals surface area contributed by atoms with Crippen LogP contribution in [0.3, 0.4) is 0 Å². The molecule has 0 aliphatic rings. The largest absolute Gasteiger partial charge is 0.420 e. The molecule has 0 aliphatic heterocycles. The minimum absolute atomic E-state index is 0.143. The fourth-order valence-corrected chi connectivity index (χ4v) is 3.01. The quantitative estimate of drug-likeness (QED) is 0.534. The van der Waals surface area contributed by atoms with E-state index >= 15 is 0 Å². The molecule has 0 saturated carbocycles. The van der Waals surface area contributed by atoms with Crippen LogP contribution in [0.2, 0.25) is 24.7 Å². The van der Waals surface area contributed by atoms with E-state index in [9.17, 15) is 17.6 Å². The molecule has 1 aromatic carbocycles. The van der Waals surface area contributed by atoms with Crippen molar-refractivity contribution in [3.63, 3.8) is 0 Å². The van der Waals surface area contributed by atoms with Gasteiger partial charge in [0.1, 0.15) is 11.4 Å². The molecular formula is C10H11ClF4Si. The van der Waals surface area contributed by atoms with Crippen LogP contribution in [0, 0.1) is 5.82 Å². The third kappa shape index (κ3) is 2.57. The van der Waals surface area contributed by atoms with Gasteiger partial charge in [-0.2, -0.15) is 13.2 Å². The van der Waals surface area contributed by atoms with Gasteiger partial charge in [-0.3, -0.25) is 0 Å². The molecule has 0 spiro atoms. The number of hydrogen-bond acceptors (Lipinski definition) is 0. The Bertz CT molecular complexity index is 407. The first-order valence-electron chi connectivity index (χ1n) is 4.61. The van der Waals surface area contributed by atoms with Gasteiger partial charge in [0.15, 0.2) is 0 Å². The Balaban J connectivity index is 3.52. The molecule has 0 heterocycles. The molecule has 0 nitrogen and oxygen atoms in total. The van der Waals surface area contributed by atoms with E-state index in [4.69, 9.17) is 11.6 Å². The maximum atomic E-state index is 13.8. The third-order valence-corrected chi connectivity index (χ3v) is 4.50. The first-order valence-corrected chi connectivity index (χ1v) is 8.48. The van der Waals surface area contributed by atoms with E-state index in [-0.39, 0.29) is 5.19 Å². The smallest absolute Gasteiger partial charge is 0.206 e. The highest BCUT2D eigenvalue weighted by atomic mass is 35.5. The maximum Gasteiger partial charge on any atom is 0.420 e. The zero-order valence-corrected chi connectivity index (χ0v) is 10.8. The van der Waals surface area contributed by atoms with Crippen molar-refractivity contribution in [2.45, 2.75) is 25.8 Å². The SMILES string of the molecule is C[Si](C)(C)c1ccc(Cl)c(C(F)(F)F)c1F. The van der Waals surface area contributed by atoms with E-state index in [0.29, 0.717) is 0 Å². The average Bonchev–Trinajstić information content (AvgIpc) is 1.97. The van der Waals surface area contributed by atoms with Crippen molar-refractivity contribution in [3.05, 3.63) is 28.5 Å². The van der Waals surface area contributed by atoms with Crippen LogP contribution in [0.4, 0.5) is 17.6 Å². The standard InChI is InChI=1S/C10H11ClF4Si/c1-16(2,3)7-5-4-6(11)8(9(7)12)10(13,14)15/h4-5H,1-3H3. The summed E-state index contributed by atoms with van der Waals surface area (Å²) >= 11 is 5.39. The van der Waals surface area contributed by atoms with Crippen LogP contribution in [-0.2, 0) is 6.18 Å². The fraction of sp³-hybridized carbons (Fsp3) is 0.400. The Labute approximate surface area is 97.2 Å². The summed E-state index contributed by atoms with van der Waals surface area (Å²) in [5.41, 5.74) is -1.35. The normalized spacial score (nSPS) is 13.0. The third-order valence-electron chi connectivity index (χ3n) is 2.18. The lowest BCUT2D eigenvalue weighted by Crippen LogP contribution is -2.41. The zero-order valence-electron chi connectivity index (χ0n) is 9.04. The van der Waals surface area contributed by atoms with Gasteiger partial charge in [-0.1, -0.05) is 37.3 Å². The van der Waals surface area contributed by atoms with Gasteiger partial charge in [-0.25, -0.2) is 4.39 Å². The van der Waals surface area contributed by atoms with Crippen LogP contribution >= 0.6 is 11.6 Å². The maximum absolute atomic E-state index is 13.8. The van der Waals surface area contributed by atoms with Crippen LogP contribution in [0.15, 0.2) is 12.1 Å². The molecule has 0 bridgehead atoms. The Morgan fingerprint density at radius 1 is 1.12 bits per heavy atom. The van der Waals surface area contributed by atoms with Crippen molar-refractivity contribution >= 4 is 24.9 Å². The molecule has 1 rings (SSSR count). The van der Waals surface area contributed by atoms with Gasteiger partial charge in [-0.05, 0) is 11.3 Å². The Hall–Kier alpha value is -0.553. The fourth-order valence-electron chi connectivity index (χ4n) is 1.39. The predicted octanol–water partition coefficient (Wildman–Crippen LogP) is 4.04. The summed E-state index contributed by atoms with van der Waals surface area (Å²) in [6.45, 7) is 5.33. The lowest BCUT2D eigenvalue weighted by atomic mass is 10.2. The van der Waals surface area contributed by atoms with Crippen LogP contribution < -0.4 is 5.19 Å². The van der Waals surface area contributed by atoms with Crippen molar-refractivity contribution in [1.82, 2.24) is 0 Å². The molecule has 6 heteroatoms. The second-order valence-corrected chi connectivity index (χ2v) is 9.98. The summed E-state index contributed by atoms with van der Waals surface area (Å²) in [6.07, 6.45) is -4.75. The van der Waals surface area contributed by atoms with Gasteiger partial charge in [0.05, 0.1) is 13.1 Å². The van der Waals surface area contributed by atoms with E-state index in [0.717, 1.165) is 6.07 Å². The Kier molecular flexibility index (Phi) is 3.41. The highest BCUT2D eigenvalue weighted by Crippen LogP contribution is 2.36. The van der Waals surface area contributed by atoms with E-state index in [1.54, 1.807) is 19.6 Å². The highest BCUT2D eigenvalue weighted by Gasteiger charge is 2.39. The first kappa shape index (κ1) is 13.5. The van der Waals surface area contributed by atoms with Crippen molar-refractivity contribution in [2.24, 2.45) is 0 Å². The number of rotatable bonds is 1. The molecule has 0 fully saturated rings. The summed E-state index contributed by atoms with van der Waals surface area (Å²) in [6, 6.07) is 2.46. The number of alkyl halides is 3. The molecular weight excluding hydrogens is 260 g/mol. The summed E-state index contributed by atoms with van der Waals surface area (Å²) in [5.74, 6) is -1.22. The summed E-state index contributed by atoms with van der Waals surface area (Å²) in [5, 5.41) is -0.448. The van der Waals surface area contributed by atoms with Gasteiger partial charge in [0.25, 0.3) is 0 Å². The molecule has 0 aromatic heterocycles. The number of halogens is 5.